The molecule has 21 heavy (non-hydrogen) atoms. The molecule has 0 bridgehead atoms. The van der Waals surface area contributed by atoms with Gasteiger partial charge in [0.1, 0.15) is 6.61 Å². The fraction of sp³-hybridized carbons (Fsp3) is 0.438. The Labute approximate surface area is 125 Å². The normalized spacial score (nSPS) is 12.5. The van der Waals surface area contributed by atoms with E-state index >= 15 is 0 Å². The molecule has 0 radical (unpaired) electrons. The van der Waals surface area contributed by atoms with Crippen molar-refractivity contribution in [3.8, 4) is 11.5 Å². The lowest BCUT2D eigenvalue weighted by molar-refractivity contribution is 0.198. The number of ether oxygens (including phenoxy) is 2. The number of benzene rings is 1. The van der Waals surface area contributed by atoms with Gasteiger partial charge in [0.05, 0.1) is 18.9 Å². The second-order valence-corrected chi connectivity index (χ2v) is 5.26. The summed E-state index contributed by atoms with van der Waals surface area (Å²) in [4.78, 5) is 0. The minimum atomic E-state index is -0.533. The molecular formula is C16H22N2O3. The molecule has 1 heterocycles. The first-order valence-corrected chi connectivity index (χ1v) is 7.04. The summed E-state index contributed by atoms with van der Waals surface area (Å²) >= 11 is 0. The molecule has 1 aromatic carbocycles. The first-order valence-electron chi connectivity index (χ1n) is 7.04. The Morgan fingerprint density at radius 1 is 1.19 bits per heavy atom. The van der Waals surface area contributed by atoms with Gasteiger partial charge >= 0.3 is 0 Å². The van der Waals surface area contributed by atoms with E-state index in [0.717, 1.165) is 11.3 Å². The Morgan fingerprint density at radius 3 is 2.52 bits per heavy atom. The molecule has 0 aliphatic heterocycles. The maximum absolute atomic E-state index is 9.59. The van der Waals surface area contributed by atoms with Gasteiger partial charge in [-0.15, -0.1) is 0 Å². The molecule has 1 aromatic heterocycles. The number of hydrogen-bond acceptors (Lipinski definition) is 4. The Bertz CT molecular complexity index is 591. The van der Waals surface area contributed by atoms with Crippen LogP contribution in [0.25, 0.3) is 0 Å². The van der Waals surface area contributed by atoms with Crippen molar-refractivity contribution < 1.29 is 14.6 Å². The fourth-order valence-electron chi connectivity index (χ4n) is 1.96. The number of methoxy groups -OCH3 is 1. The molecule has 0 saturated heterocycles. The Balaban J connectivity index is 2.08. The summed E-state index contributed by atoms with van der Waals surface area (Å²) in [6, 6.07) is 7.69. The summed E-state index contributed by atoms with van der Waals surface area (Å²) in [6.07, 6.45) is 1.41. The summed E-state index contributed by atoms with van der Waals surface area (Å²) in [7, 11) is 1.58. The number of nitrogens with zero attached hydrogens (tertiary/aromatic N) is 2. The SMILES string of the molecule is COc1cc([C@@H](C)O)ccc1OCc1ccn(C(C)C)n1. The summed E-state index contributed by atoms with van der Waals surface area (Å²) in [5, 5.41) is 14.0. The van der Waals surface area contributed by atoms with Crippen molar-refractivity contribution in [1.82, 2.24) is 9.78 Å². The van der Waals surface area contributed by atoms with Gasteiger partial charge in [-0.05, 0) is 44.5 Å². The second-order valence-electron chi connectivity index (χ2n) is 5.26. The summed E-state index contributed by atoms with van der Waals surface area (Å²) in [5.74, 6) is 1.25. The highest BCUT2D eigenvalue weighted by Crippen LogP contribution is 2.30. The number of aliphatic hydroxyl groups excluding tert-OH is 1. The minimum absolute atomic E-state index is 0.332. The topological polar surface area (TPSA) is 56.5 Å². The lowest BCUT2D eigenvalue weighted by Crippen LogP contribution is -2.04. The van der Waals surface area contributed by atoms with Gasteiger partial charge in [-0.2, -0.15) is 5.10 Å². The smallest absolute Gasteiger partial charge is 0.161 e. The van der Waals surface area contributed by atoms with Crippen LogP contribution in [0.1, 0.15) is 44.2 Å². The zero-order chi connectivity index (χ0) is 15.4. The third kappa shape index (κ3) is 3.76. The molecule has 0 aliphatic rings. The standard InChI is InChI=1S/C16H22N2O3/c1-11(2)18-8-7-14(17-18)10-21-15-6-5-13(12(3)19)9-16(15)20-4/h5-9,11-12,19H,10H2,1-4H3/t12-/m1/s1. The number of aromatic nitrogens is 2. The zero-order valence-corrected chi connectivity index (χ0v) is 12.9. The Hall–Kier alpha value is -2.01. The van der Waals surface area contributed by atoms with Gasteiger partial charge in [0.2, 0.25) is 0 Å². The Kier molecular flexibility index (Phi) is 4.85. The van der Waals surface area contributed by atoms with Gasteiger partial charge in [0, 0.05) is 12.2 Å². The molecule has 0 aliphatic carbocycles. The molecule has 114 valence electrons. The van der Waals surface area contributed by atoms with Crippen LogP contribution in [0.2, 0.25) is 0 Å². The van der Waals surface area contributed by atoms with Crippen LogP contribution >= 0.6 is 0 Å². The monoisotopic (exact) mass is 290 g/mol. The van der Waals surface area contributed by atoms with Crippen LogP contribution in [0, 0.1) is 0 Å². The predicted octanol–water partition coefficient (Wildman–Crippen LogP) is 3.10. The summed E-state index contributed by atoms with van der Waals surface area (Å²) < 4.78 is 13.0. The van der Waals surface area contributed by atoms with Gasteiger partial charge in [0.15, 0.2) is 11.5 Å². The average molecular weight is 290 g/mol. The molecule has 0 saturated carbocycles. The fourth-order valence-corrected chi connectivity index (χ4v) is 1.96. The van der Waals surface area contributed by atoms with Crippen molar-refractivity contribution in [2.24, 2.45) is 0 Å². The molecule has 1 N–H and O–H groups in total. The van der Waals surface area contributed by atoms with Gasteiger partial charge in [-0.25, -0.2) is 0 Å². The molecular weight excluding hydrogens is 268 g/mol. The first-order chi connectivity index (χ1) is 10.0. The van der Waals surface area contributed by atoms with E-state index in [1.165, 1.54) is 0 Å². The molecule has 2 rings (SSSR count). The zero-order valence-electron chi connectivity index (χ0n) is 12.9. The van der Waals surface area contributed by atoms with E-state index < -0.39 is 6.10 Å². The van der Waals surface area contributed by atoms with Gasteiger partial charge in [0.25, 0.3) is 0 Å². The van der Waals surface area contributed by atoms with Crippen molar-refractivity contribution in [1.29, 1.82) is 0 Å². The van der Waals surface area contributed by atoms with Crippen LogP contribution in [0.4, 0.5) is 0 Å². The maximum atomic E-state index is 9.59. The van der Waals surface area contributed by atoms with Crippen LogP contribution < -0.4 is 9.47 Å². The van der Waals surface area contributed by atoms with E-state index in [9.17, 15) is 5.11 Å². The van der Waals surface area contributed by atoms with Crippen LogP contribution in [0.3, 0.4) is 0 Å². The van der Waals surface area contributed by atoms with E-state index in [1.54, 1.807) is 26.2 Å². The highest BCUT2D eigenvalue weighted by molar-refractivity contribution is 5.43. The van der Waals surface area contributed by atoms with Gasteiger partial charge in [-0.3, -0.25) is 4.68 Å². The van der Waals surface area contributed by atoms with Crippen LogP contribution in [-0.2, 0) is 6.61 Å². The van der Waals surface area contributed by atoms with Gasteiger partial charge < -0.3 is 14.6 Å². The second kappa shape index (κ2) is 6.63. The van der Waals surface area contributed by atoms with Crippen molar-refractivity contribution in [3.63, 3.8) is 0 Å². The van der Waals surface area contributed by atoms with Gasteiger partial charge in [-0.1, -0.05) is 6.07 Å². The molecule has 0 amide bonds. The first kappa shape index (κ1) is 15.4. The third-order valence-electron chi connectivity index (χ3n) is 3.24. The van der Waals surface area contributed by atoms with Crippen molar-refractivity contribution in [2.75, 3.05) is 7.11 Å². The third-order valence-corrected chi connectivity index (χ3v) is 3.24. The highest BCUT2D eigenvalue weighted by atomic mass is 16.5. The highest BCUT2D eigenvalue weighted by Gasteiger charge is 2.10. The van der Waals surface area contributed by atoms with Crippen molar-refractivity contribution in [2.45, 2.75) is 39.5 Å². The van der Waals surface area contributed by atoms with Crippen LogP contribution in [-0.4, -0.2) is 22.0 Å². The largest absolute Gasteiger partial charge is 0.493 e. The number of aliphatic hydroxyl groups is 1. The van der Waals surface area contributed by atoms with Crippen LogP contribution in [0.5, 0.6) is 11.5 Å². The number of hydrogen-bond donors (Lipinski definition) is 1. The molecule has 0 fully saturated rings. The van der Waals surface area contributed by atoms with E-state index in [2.05, 4.69) is 18.9 Å². The lowest BCUT2D eigenvalue weighted by atomic mass is 10.1. The van der Waals surface area contributed by atoms with E-state index in [4.69, 9.17) is 9.47 Å². The molecule has 5 nitrogen and oxygen atoms in total. The molecule has 0 unspecified atom stereocenters. The molecule has 2 aromatic rings. The lowest BCUT2D eigenvalue weighted by Gasteiger charge is -2.12. The number of rotatable bonds is 6. The Morgan fingerprint density at radius 2 is 1.95 bits per heavy atom. The molecule has 0 spiro atoms. The minimum Gasteiger partial charge on any atom is -0.493 e. The van der Waals surface area contributed by atoms with E-state index in [-0.39, 0.29) is 0 Å². The molecule has 1 atom stereocenters. The van der Waals surface area contributed by atoms with E-state index in [1.807, 2.05) is 23.0 Å². The van der Waals surface area contributed by atoms with Crippen LogP contribution in [0.15, 0.2) is 30.5 Å². The predicted molar refractivity (Wildman–Crippen MR) is 80.6 cm³/mol. The summed E-state index contributed by atoms with van der Waals surface area (Å²) in [6.45, 7) is 6.25. The maximum Gasteiger partial charge on any atom is 0.161 e. The molecule has 5 heteroatoms. The average Bonchev–Trinajstić information content (AvgIpc) is 2.93. The quantitative estimate of drug-likeness (QED) is 0.888. The van der Waals surface area contributed by atoms with Crippen molar-refractivity contribution >= 4 is 0 Å². The summed E-state index contributed by atoms with van der Waals surface area (Å²) in [5.41, 5.74) is 1.66. The van der Waals surface area contributed by atoms with Crippen molar-refractivity contribution in [3.05, 3.63) is 41.7 Å². The van der Waals surface area contributed by atoms with E-state index in [0.29, 0.717) is 24.1 Å².